The molecule has 1 aliphatic heterocycles. The predicted molar refractivity (Wildman–Crippen MR) is 78.0 cm³/mol. The van der Waals surface area contributed by atoms with Gasteiger partial charge in [-0.2, -0.15) is 0 Å². The minimum atomic E-state index is -0.190. The van der Waals surface area contributed by atoms with Crippen LogP contribution in [-0.2, 0) is 4.79 Å². The van der Waals surface area contributed by atoms with Gasteiger partial charge in [0.15, 0.2) is 0 Å². The lowest BCUT2D eigenvalue weighted by molar-refractivity contribution is -0.127. The van der Waals surface area contributed by atoms with E-state index in [1.54, 1.807) is 18.2 Å². The van der Waals surface area contributed by atoms with Crippen LogP contribution in [0.4, 0.5) is 5.82 Å². The van der Waals surface area contributed by atoms with Gasteiger partial charge < -0.3 is 15.0 Å². The van der Waals surface area contributed by atoms with Crippen molar-refractivity contribution in [1.82, 2.24) is 9.88 Å². The smallest absolute Gasteiger partial charge is 0.244 e. The molecule has 2 heterocycles. The zero-order valence-corrected chi connectivity index (χ0v) is 11.6. The van der Waals surface area contributed by atoms with Crippen LogP contribution in [0.3, 0.4) is 0 Å². The van der Waals surface area contributed by atoms with Gasteiger partial charge in [0.2, 0.25) is 5.91 Å². The van der Waals surface area contributed by atoms with Crippen molar-refractivity contribution in [2.24, 2.45) is 0 Å². The number of nitrogens with one attached hydrogen (secondary N) is 1. The summed E-state index contributed by atoms with van der Waals surface area (Å²) in [6, 6.07) is 7.56. The predicted octanol–water partition coefficient (Wildman–Crippen LogP) is 1.89. The van der Waals surface area contributed by atoms with Crippen molar-refractivity contribution < 1.29 is 9.53 Å². The second-order valence-corrected chi connectivity index (χ2v) is 4.96. The van der Waals surface area contributed by atoms with Gasteiger partial charge in [-0.05, 0) is 18.6 Å². The fraction of sp³-hybridized carbons (Fsp3) is 0.333. The summed E-state index contributed by atoms with van der Waals surface area (Å²) >= 11 is 0. The third-order valence-corrected chi connectivity index (χ3v) is 3.72. The SMILES string of the molecule is COc1cccc2c(NC3CCN(C)C3=O)nccc12. The Bertz CT molecular complexity index is 657. The summed E-state index contributed by atoms with van der Waals surface area (Å²) in [4.78, 5) is 18.1. The van der Waals surface area contributed by atoms with E-state index >= 15 is 0 Å². The molecule has 0 radical (unpaired) electrons. The van der Waals surface area contributed by atoms with Crippen LogP contribution < -0.4 is 10.1 Å². The Morgan fingerprint density at radius 2 is 2.20 bits per heavy atom. The van der Waals surface area contributed by atoms with E-state index in [2.05, 4.69) is 10.3 Å². The van der Waals surface area contributed by atoms with Gasteiger partial charge >= 0.3 is 0 Å². The number of carbonyl (C=O) groups is 1. The Morgan fingerprint density at radius 3 is 2.90 bits per heavy atom. The van der Waals surface area contributed by atoms with Crippen LogP contribution in [-0.4, -0.2) is 42.5 Å². The van der Waals surface area contributed by atoms with Gasteiger partial charge in [-0.25, -0.2) is 4.98 Å². The molecular formula is C15H17N3O2. The molecule has 5 nitrogen and oxygen atoms in total. The van der Waals surface area contributed by atoms with Crippen LogP contribution in [0.5, 0.6) is 5.75 Å². The van der Waals surface area contributed by atoms with E-state index in [0.717, 1.165) is 35.3 Å². The molecule has 104 valence electrons. The van der Waals surface area contributed by atoms with Crippen LogP contribution in [0.1, 0.15) is 6.42 Å². The summed E-state index contributed by atoms with van der Waals surface area (Å²) in [5.74, 6) is 1.66. The molecule has 1 unspecified atom stereocenters. The molecule has 0 aliphatic carbocycles. The summed E-state index contributed by atoms with van der Waals surface area (Å²) in [6.45, 7) is 0.782. The number of hydrogen-bond donors (Lipinski definition) is 1. The number of carbonyl (C=O) groups excluding carboxylic acids is 1. The number of pyridine rings is 1. The highest BCUT2D eigenvalue weighted by molar-refractivity contribution is 5.97. The molecule has 1 aromatic heterocycles. The van der Waals surface area contributed by atoms with Crippen LogP contribution in [0.15, 0.2) is 30.5 Å². The molecule has 2 aromatic rings. The first-order valence-corrected chi connectivity index (χ1v) is 6.64. The molecule has 1 amide bonds. The molecule has 20 heavy (non-hydrogen) atoms. The molecule has 1 fully saturated rings. The molecule has 0 bridgehead atoms. The van der Waals surface area contributed by atoms with E-state index < -0.39 is 0 Å². The molecule has 1 aromatic carbocycles. The van der Waals surface area contributed by atoms with Crippen LogP contribution in [0.25, 0.3) is 10.8 Å². The van der Waals surface area contributed by atoms with E-state index in [1.807, 2.05) is 31.3 Å². The average Bonchev–Trinajstić information content (AvgIpc) is 2.79. The van der Waals surface area contributed by atoms with Gasteiger partial charge in [-0.15, -0.1) is 0 Å². The maximum atomic E-state index is 12.0. The standard InChI is InChI=1S/C15H17N3O2/c1-18-9-7-12(15(18)19)17-14-11-4-3-5-13(20-2)10(11)6-8-16-14/h3-6,8,12H,7,9H2,1-2H3,(H,16,17). The summed E-state index contributed by atoms with van der Waals surface area (Å²) in [5, 5.41) is 5.22. The third kappa shape index (κ3) is 2.05. The number of rotatable bonds is 3. The van der Waals surface area contributed by atoms with Crippen LogP contribution >= 0.6 is 0 Å². The number of aromatic nitrogens is 1. The summed E-state index contributed by atoms with van der Waals surface area (Å²) in [6.07, 6.45) is 2.54. The quantitative estimate of drug-likeness (QED) is 0.926. The Labute approximate surface area is 117 Å². The van der Waals surface area contributed by atoms with Crippen molar-refractivity contribution in [2.45, 2.75) is 12.5 Å². The molecular weight excluding hydrogens is 254 g/mol. The number of anilines is 1. The largest absolute Gasteiger partial charge is 0.496 e. The lowest BCUT2D eigenvalue weighted by Gasteiger charge is -2.15. The van der Waals surface area contributed by atoms with Crippen molar-refractivity contribution >= 4 is 22.5 Å². The minimum absolute atomic E-state index is 0.117. The number of likely N-dealkylation sites (tertiary alicyclic amines) is 1. The number of benzene rings is 1. The molecule has 1 atom stereocenters. The summed E-state index contributed by atoms with van der Waals surface area (Å²) < 4.78 is 5.36. The maximum Gasteiger partial charge on any atom is 0.244 e. The van der Waals surface area contributed by atoms with E-state index in [4.69, 9.17) is 4.74 Å². The Morgan fingerprint density at radius 1 is 1.35 bits per heavy atom. The van der Waals surface area contributed by atoms with Crippen molar-refractivity contribution in [1.29, 1.82) is 0 Å². The Kier molecular flexibility index (Phi) is 3.18. The molecule has 1 aliphatic rings. The first-order valence-electron chi connectivity index (χ1n) is 6.64. The normalized spacial score (nSPS) is 18.6. The fourth-order valence-electron chi connectivity index (χ4n) is 2.59. The molecule has 0 saturated carbocycles. The van der Waals surface area contributed by atoms with Crippen LogP contribution in [0.2, 0.25) is 0 Å². The first-order chi connectivity index (χ1) is 9.70. The van der Waals surface area contributed by atoms with Crippen molar-refractivity contribution in [3.63, 3.8) is 0 Å². The number of hydrogen-bond acceptors (Lipinski definition) is 4. The van der Waals surface area contributed by atoms with Gasteiger partial charge in [0.1, 0.15) is 17.6 Å². The topological polar surface area (TPSA) is 54.5 Å². The number of ether oxygens (including phenoxy) is 1. The molecule has 1 N–H and O–H groups in total. The van der Waals surface area contributed by atoms with Gasteiger partial charge in [0, 0.05) is 30.6 Å². The molecule has 1 saturated heterocycles. The van der Waals surface area contributed by atoms with Crippen LogP contribution in [0, 0.1) is 0 Å². The maximum absolute atomic E-state index is 12.0. The van der Waals surface area contributed by atoms with Crippen molar-refractivity contribution in [2.75, 3.05) is 26.0 Å². The van der Waals surface area contributed by atoms with Gasteiger partial charge in [-0.1, -0.05) is 12.1 Å². The number of likely N-dealkylation sites (N-methyl/N-ethyl adjacent to an activating group) is 1. The second kappa shape index (κ2) is 5.00. The Balaban J connectivity index is 1.98. The third-order valence-electron chi connectivity index (χ3n) is 3.72. The number of nitrogens with zero attached hydrogens (tertiary/aromatic N) is 2. The van der Waals surface area contributed by atoms with E-state index in [1.165, 1.54) is 0 Å². The minimum Gasteiger partial charge on any atom is -0.496 e. The van der Waals surface area contributed by atoms with E-state index in [0.29, 0.717) is 0 Å². The highest BCUT2D eigenvalue weighted by Crippen LogP contribution is 2.29. The first kappa shape index (κ1) is 12.7. The zero-order chi connectivity index (χ0) is 14.1. The zero-order valence-electron chi connectivity index (χ0n) is 11.6. The lowest BCUT2D eigenvalue weighted by Crippen LogP contribution is -2.31. The Hall–Kier alpha value is -2.30. The van der Waals surface area contributed by atoms with Gasteiger partial charge in [0.25, 0.3) is 0 Å². The van der Waals surface area contributed by atoms with Gasteiger partial charge in [0.05, 0.1) is 7.11 Å². The van der Waals surface area contributed by atoms with Crippen molar-refractivity contribution in [3.8, 4) is 5.75 Å². The highest BCUT2D eigenvalue weighted by Gasteiger charge is 2.29. The molecule has 3 rings (SSSR count). The number of methoxy groups -OCH3 is 1. The number of amides is 1. The van der Waals surface area contributed by atoms with Crippen molar-refractivity contribution in [3.05, 3.63) is 30.5 Å². The fourth-order valence-corrected chi connectivity index (χ4v) is 2.59. The second-order valence-electron chi connectivity index (χ2n) is 4.96. The highest BCUT2D eigenvalue weighted by atomic mass is 16.5. The molecule has 5 heteroatoms. The summed E-state index contributed by atoms with van der Waals surface area (Å²) in [7, 11) is 3.47. The van der Waals surface area contributed by atoms with E-state index in [-0.39, 0.29) is 11.9 Å². The monoisotopic (exact) mass is 271 g/mol. The average molecular weight is 271 g/mol. The van der Waals surface area contributed by atoms with Gasteiger partial charge in [-0.3, -0.25) is 4.79 Å². The number of fused-ring (bicyclic) bond motifs is 1. The lowest BCUT2D eigenvalue weighted by atomic mass is 10.1. The van der Waals surface area contributed by atoms with E-state index in [9.17, 15) is 4.79 Å². The molecule has 0 spiro atoms. The summed E-state index contributed by atoms with van der Waals surface area (Å²) in [5.41, 5.74) is 0.